The zero-order valence-electron chi connectivity index (χ0n) is 12.3. The molecule has 1 atom stereocenters. The number of nitrogens with one attached hydrogen (secondary N) is 2. The fourth-order valence-corrected chi connectivity index (χ4v) is 2.29. The fourth-order valence-electron chi connectivity index (χ4n) is 1.70. The number of carbonyl (C=O) groups is 1. The maximum Gasteiger partial charge on any atom is 0.221 e. The van der Waals surface area contributed by atoms with Crippen LogP contribution in [-0.4, -0.2) is 25.6 Å². The SMILES string of the molecule is CCC(C)NC(=O)CCNCc1ccc(OC)c(Br)c1. The molecule has 5 heteroatoms. The first-order chi connectivity index (χ1) is 9.56. The minimum absolute atomic E-state index is 0.0998. The van der Waals surface area contributed by atoms with Crippen LogP contribution in [-0.2, 0) is 11.3 Å². The summed E-state index contributed by atoms with van der Waals surface area (Å²) < 4.78 is 6.12. The summed E-state index contributed by atoms with van der Waals surface area (Å²) in [6, 6.07) is 6.21. The molecule has 0 spiro atoms. The van der Waals surface area contributed by atoms with Gasteiger partial charge >= 0.3 is 0 Å². The third kappa shape index (κ3) is 5.92. The summed E-state index contributed by atoms with van der Waals surface area (Å²) in [6.45, 7) is 5.48. The van der Waals surface area contributed by atoms with Gasteiger partial charge in [0.15, 0.2) is 0 Å². The van der Waals surface area contributed by atoms with Gasteiger partial charge in [0.1, 0.15) is 5.75 Å². The Balaban J connectivity index is 2.27. The van der Waals surface area contributed by atoms with E-state index in [2.05, 4.69) is 33.5 Å². The third-order valence-electron chi connectivity index (χ3n) is 3.09. The van der Waals surface area contributed by atoms with Crippen molar-refractivity contribution in [1.82, 2.24) is 10.6 Å². The van der Waals surface area contributed by atoms with Crippen LogP contribution in [0.25, 0.3) is 0 Å². The molecule has 1 rings (SSSR count). The van der Waals surface area contributed by atoms with Crippen molar-refractivity contribution in [2.75, 3.05) is 13.7 Å². The Morgan fingerprint density at radius 2 is 2.20 bits per heavy atom. The zero-order valence-corrected chi connectivity index (χ0v) is 13.9. The number of ether oxygens (including phenoxy) is 1. The lowest BCUT2D eigenvalue weighted by molar-refractivity contribution is -0.121. The Bertz CT molecular complexity index is 438. The summed E-state index contributed by atoms with van der Waals surface area (Å²) >= 11 is 3.46. The Morgan fingerprint density at radius 3 is 2.80 bits per heavy atom. The Kier molecular flexibility index (Phi) is 7.62. The molecule has 1 unspecified atom stereocenters. The summed E-state index contributed by atoms with van der Waals surface area (Å²) in [5, 5.41) is 6.22. The number of hydrogen-bond donors (Lipinski definition) is 2. The molecule has 1 amide bonds. The van der Waals surface area contributed by atoms with Crippen molar-refractivity contribution in [1.29, 1.82) is 0 Å². The highest BCUT2D eigenvalue weighted by Crippen LogP contribution is 2.25. The van der Waals surface area contributed by atoms with E-state index in [4.69, 9.17) is 4.74 Å². The molecule has 0 fully saturated rings. The molecule has 20 heavy (non-hydrogen) atoms. The predicted octanol–water partition coefficient (Wildman–Crippen LogP) is 2.85. The van der Waals surface area contributed by atoms with Crippen LogP contribution in [0.4, 0.5) is 0 Å². The van der Waals surface area contributed by atoms with E-state index in [-0.39, 0.29) is 11.9 Å². The number of halogens is 1. The van der Waals surface area contributed by atoms with E-state index in [1.807, 2.05) is 25.1 Å². The van der Waals surface area contributed by atoms with E-state index in [0.29, 0.717) is 13.0 Å². The van der Waals surface area contributed by atoms with E-state index >= 15 is 0 Å². The normalized spacial score (nSPS) is 12.0. The molecule has 0 heterocycles. The van der Waals surface area contributed by atoms with Crippen LogP contribution in [0.2, 0.25) is 0 Å². The second kappa shape index (κ2) is 8.97. The Labute approximate surface area is 129 Å². The molecule has 1 aromatic rings. The summed E-state index contributed by atoms with van der Waals surface area (Å²) in [4.78, 5) is 11.6. The Morgan fingerprint density at radius 1 is 1.45 bits per heavy atom. The number of rotatable bonds is 8. The minimum Gasteiger partial charge on any atom is -0.496 e. The van der Waals surface area contributed by atoms with E-state index in [9.17, 15) is 4.79 Å². The molecule has 0 bridgehead atoms. The van der Waals surface area contributed by atoms with Gasteiger partial charge < -0.3 is 15.4 Å². The smallest absolute Gasteiger partial charge is 0.221 e. The molecule has 112 valence electrons. The van der Waals surface area contributed by atoms with Gasteiger partial charge in [-0.15, -0.1) is 0 Å². The van der Waals surface area contributed by atoms with Crippen molar-refractivity contribution in [3.8, 4) is 5.75 Å². The van der Waals surface area contributed by atoms with Gasteiger partial charge in [0.25, 0.3) is 0 Å². The van der Waals surface area contributed by atoms with Crippen LogP contribution in [0.15, 0.2) is 22.7 Å². The summed E-state index contributed by atoms with van der Waals surface area (Å²) in [6.07, 6.45) is 1.46. The molecule has 4 nitrogen and oxygen atoms in total. The molecular weight excluding hydrogens is 320 g/mol. The lowest BCUT2D eigenvalue weighted by Gasteiger charge is -2.11. The number of amides is 1. The van der Waals surface area contributed by atoms with Gasteiger partial charge in [-0.3, -0.25) is 4.79 Å². The summed E-state index contributed by atoms with van der Waals surface area (Å²) in [7, 11) is 1.65. The molecular formula is C15H23BrN2O2. The lowest BCUT2D eigenvalue weighted by Crippen LogP contribution is -2.33. The maximum absolute atomic E-state index is 11.6. The molecule has 0 saturated carbocycles. The average molecular weight is 343 g/mol. The molecule has 0 aliphatic carbocycles. The number of carbonyl (C=O) groups excluding carboxylic acids is 1. The van der Waals surface area contributed by atoms with Crippen molar-refractivity contribution in [3.05, 3.63) is 28.2 Å². The zero-order chi connectivity index (χ0) is 15.0. The van der Waals surface area contributed by atoms with E-state index in [1.54, 1.807) is 7.11 Å². The molecule has 0 aliphatic heterocycles. The van der Waals surface area contributed by atoms with Crippen LogP contribution < -0.4 is 15.4 Å². The van der Waals surface area contributed by atoms with Crippen LogP contribution in [0, 0.1) is 0 Å². The molecule has 2 N–H and O–H groups in total. The second-order valence-electron chi connectivity index (χ2n) is 4.77. The second-order valence-corrected chi connectivity index (χ2v) is 5.63. The fraction of sp³-hybridized carbons (Fsp3) is 0.533. The van der Waals surface area contributed by atoms with Gasteiger partial charge in [-0.25, -0.2) is 0 Å². The first-order valence-corrected chi connectivity index (χ1v) is 7.68. The molecule has 0 radical (unpaired) electrons. The monoisotopic (exact) mass is 342 g/mol. The number of benzene rings is 1. The minimum atomic E-state index is 0.0998. The maximum atomic E-state index is 11.6. The van der Waals surface area contributed by atoms with Gasteiger partial charge in [-0.2, -0.15) is 0 Å². The van der Waals surface area contributed by atoms with Crippen molar-refractivity contribution in [2.45, 2.75) is 39.3 Å². The van der Waals surface area contributed by atoms with Gasteiger partial charge in [-0.05, 0) is 47.0 Å². The van der Waals surface area contributed by atoms with E-state index in [1.165, 1.54) is 0 Å². The van der Waals surface area contributed by atoms with Crippen LogP contribution in [0.3, 0.4) is 0 Å². The highest BCUT2D eigenvalue weighted by atomic mass is 79.9. The highest BCUT2D eigenvalue weighted by molar-refractivity contribution is 9.10. The van der Waals surface area contributed by atoms with Crippen molar-refractivity contribution in [2.24, 2.45) is 0 Å². The largest absolute Gasteiger partial charge is 0.496 e. The average Bonchev–Trinajstić information content (AvgIpc) is 2.43. The molecule has 0 aliphatic rings. The van der Waals surface area contributed by atoms with Gasteiger partial charge in [0, 0.05) is 25.6 Å². The quantitative estimate of drug-likeness (QED) is 0.714. The van der Waals surface area contributed by atoms with Gasteiger partial charge in [0.2, 0.25) is 5.91 Å². The standard InChI is InChI=1S/C15H23BrN2O2/c1-4-11(2)18-15(19)7-8-17-10-12-5-6-14(20-3)13(16)9-12/h5-6,9,11,17H,4,7-8,10H2,1-3H3,(H,18,19). The first-order valence-electron chi connectivity index (χ1n) is 6.89. The number of methoxy groups -OCH3 is 1. The Hall–Kier alpha value is -1.07. The summed E-state index contributed by atoms with van der Waals surface area (Å²) in [5.41, 5.74) is 1.15. The van der Waals surface area contributed by atoms with Crippen LogP contribution >= 0.6 is 15.9 Å². The van der Waals surface area contributed by atoms with Gasteiger partial charge in [-0.1, -0.05) is 13.0 Å². The van der Waals surface area contributed by atoms with Crippen LogP contribution in [0.5, 0.6) is 5.75 Å². The summed E-state index contributed by atoms with van der Waals surface area (Å²) in [5.74, 6) is 0.921. The molecule has 1 aromatic carbocycles. The highest BCUT2D eigenvalue weighted by Gasteiger charge is 2.05. The van der Waals surface area contributed by atoms with Crippen molar-refractivity contribution in [3.63, 3.8) is 0 Å². The van der Waals surface area contributed by atoms with E-state index < -0.39 is 0 Å². The molecule has 0 saturated heterocycles. The molecule has 0 aromatic heterocycles. The third-order valence-corrected chi connectivity index (χ3v) is 3.71. The van der Waals surface area contributed by atoms with Crippen molar-refractivity contribution < 1.29 is 9.53 Å². The van der Waals surface area contributed by atoms with Gasteiger partial charge in [0.05, 0.1) is 11.6 Å². The predicted molar refractivity (Wildman–Crippen MR) is 84.9 cm³/mol. The van der Waals surface area contributed by atoms with Crippen molar-refractivity contribution >= 4 is 21.8 Å². The first kappa shape index (κ1) is 17.0. The number of hydrogen-bond acceptors (Lipinski definition) is 3. The van der Waals surface area contributed by atoms with E-state index in [0.717, 1.165) is 28.8 Å². The lowest BCUT2D eigenvalue weighted by atomic mass is 10.2. The topological polar surface area (TPSA) is 50.4 Å². The van der Waals surface area contributed by atoms with Crippen LogP contribution in [0.1, 0.15) is 32.3 Å².